The van der Waals surface area contributed by atoms with Crippen molar-refractivity contribution in [1.29, 1.82) is 0 Å². The molecule has 0 aliphatic rings. The van der Waals surface area contributed by atoms with Gasteiger partial charge in [0.15, 0.2) is 0 Å². The minimum atomic E-state index is 0.684. The molecule has 0 unspecified atom stereocenters. The van der Waals surface area contributed by atoms with Crippen molar-refractivity contribution in [3.8, 4) is 0 Å². The predicted octanol–water partition coefficient (Wildman–Crippen LogP) is -2.23. The molecule has 0 aromatic rings. The van der Waals surface area contributed by atoms with E-state index in [2.05, 4.69) is 20.4 Å². The van der Waals surface area contributed by atoms with E-state index in [1.165, 1.54) is 12.8 Å². The van der Waals surface area contributed by atoms with Gasteiger partial charge in [0, 0.05) is 78.5 Å². The van der Waals surface area contributed by atoms with Crippen molar-refractivity contribution >= 4 is 0 Å². The molecule has 0 saturated carbocycles. The van der Waals surface area contributed by atoms with Crippen LogP contribution in [0.4, 0.5) is 0 Å². The zero-order valence-electron chi connectivity index (χ0n) is 16.2. The Labute approximate surface area is 155 Å². The average molecular weight is 361 g/mol. The standard InChI is InChI=1S/C17H44N8/c18-4-2-1-3-12-24(14-10-22-8-5-19)16-17-25(13-7-21)15-11-23-9-6-20/h22-23H,1-21H2. The van der Waals surface area contributed by atoms with Gasteiger partial charge in [0.2, 0.25) is 0 Å². The summed E-state index contributed by atoms with van der Waals surface area (Å²) in [5.41, 5.74) is 22.4. The van der Waals surface area contributed by atoms with Gasteiger partial charge in [0.1, 0.15) is 0 Å². The van der Waals surface area contributed by atoms with Gasteiger partial charge in [0.05, 0.1) is 0 Å². The van der Waals surface area contributed by atoms with Crippen molar-refractivity contribution in [3.05, 3.63) is 0 Å². The summed E-state index contributed by atoms with van der Waals surface area (Å²) in [5, 5.41) is 6.74. The zero-order chi connectivity index (χ0) is 18.6. The lowest BCUT2D eigenvalue weighted by Crippen LogP contribution is -2.43. The molecule has 0 spiro atoms. The number of hydrogen-bond donors (Lipinski definition) is 6. The van der Waals surface area contributed by atoms with Gasteiger partial charge in [-0.15, -0.1) is 0 Å². The average Bonchev–Trinajstić information content (AvgIpc) is 2.62. The molecular formula is C17H44N8. The summed E-state index contributed by atoms with van der Waals surface area (Å²) < 4.78 is 0. The number of nitrogens with zero attached hydrogens (tertiary/aromatic N) is 2. The van der Waals surface area contributed by atoms with Crippen LogP contribution in [-0.2, 0) is 0 Å². The highest BCUT2D eigenvalue weighted by Crippen LogP contribution is 1.99. The summed E-state index contributed by atoms with van der Waals surface area (Å²) in [6.07, 6.45) is 3.53. The number of nitrogens with two attached hydrogens (primary N) is 4. The van der Waals surface area contributed by atoms with Crippen molar-refractivity contribution in [1.82, 2.24) is 20.4 Å². The maximum atomic E-state index is 5.76. The van der Waals surface area contributed by atoms with E-state index in [1.807, 2.05) is 0 Å². The quantitative estimate of drug-likeness (QED) is 0.134. The highest BCUT2D eigenvalue weighted by molar-refractivity contribution is 4.67. The Morgan fingerprint density at radius 2 is 1.00 bits per heavy atom. The Balaban J connectivity index is 4.15. The van der Waals surface area contributed by atoms with E-state index in [-0.39, 0.29) is 0 Å². The van der Waals surface area contributed by atoms with E-state index in [0.29, 0.717) is 19.6 Å². The van der Waals surface area contributed by atoms with Crippen LogP contribution in [0.3, 0.4) is 0 Å². The fraction of sp³-hybridized carbons (Fsp3) is 1.00. The molecular weight excluding hydrogens is 316 g/mol. The second kappa shape index (κ2) is 20.0. The van der Waals surface area contributed by atoms with Crippen molar-refractivity contribution in [2.24, 2.45) is 22.9 Å². The third-order valence-electron chi connectivity index (χ3n) is 4.21. The molecule has 0 fully saturated rings. The minimum absolute atomic E-state index is 0.684. The monoisotopic (exact) mass is 360 g/mol. The molecule has 0 aliphatic carbocycles. The molecule has 10 N–H and O–H groups in total. The third kappa shape index (κ3) is 16.9. The molecule has 0 amide bonds. The molecule has 0 rings (SSSR count). The van der Waals surface area contributed by atoms with E-state index >= 15 is 0 Å². The topological polar surface area (TPSA) is 135 Å². The fourth-order valence-electron chi connectivity index (χ4n) is 2.72. The molecule has 8 nitrogen and oxygen atoms in total. The fourth-order valence-corrected chi connectivity index (χ4v) is 2.72. The molecule has 0 heterocycles. The van der Waals surface area contributed by atoms with Gasteiger partial charge < -0.3 is 38.5 Å². The molecule has 0 saturated heterocycles. The van der Waals surface area contributed by atoms with Crippen LogP contribution in [0.15, 0.2) is 0 Å². The van der Waals surface area contributed by atoms with Crippen LogP contribution in [0.1, 0.15) is 19.3 Å². The number of hydrogen-bond acceptors (Lipinski definition) is 8. The van der Waals surface area contributed by atoms with E-state index in [1.54, 1.807) is 0 Å². The summed E-state index contributed by atoms with van der Waals surface area (Å²) in [6, 6.07) is 0. The predicted molar refractivity (Wildman–Crippen MR) is 109 cm³/mol. The SMILES string of the molecule is NCCCCCN(CCNCCN)CCN(CCN)CCNCCN. The smallest absolute Gasteiger partial charge is 0.0110 e. The number of unbranched alkanes of at least 4 members (excludes halogenated alkanes) is 2. The van der Waals surface area contributed by atoms with Crippen LogP contribution >= 0.6 is 0 Å². The van der Waals surface area contributed by atoms with Crippen LogP contribution in [0.2, 0.25) is 0 Å². The van der Waals surface area contributed by atoms with Crippen LogP contribution in [-0.4, -0.2) is 101 Å². The minimum Gasteiger partial charge on any atom is -0.330 e. The first kappa shape index (κ1) is 24.7. The van der Waals surface area contributed by atoms with Gasteiger partial charge in [-0.25, -0.2) is 0 Å². The molecule has 0 aromatic carbocycles. The Hall–Kier alpha value is -0.320. The normalized spacial score (nSPS) is 11.8. The van der Waals surface area contributed by atoms with E-state index in [9.17, 15) is 0 Å². The zero-order valence-corrected chi connectivity index (χ0v) is 16.2. The van der Waals surface area contributed by atoms with E-state index < -0.39 is 0 Å². The molecule has 0 aliphatic heterocycles. The van der Waals surface area contributed by atoms with Crippen molar-refractivity contribution in [3.63, 3.8) is 0 Å². The highest BCUT2D eigenvalue weighted by atomic mass is 15.2. The van der Waals surface area contributed by atoms with Gasteiger partial charge in [0.25, 0.3) is 0 Å². The lowest BCUT2D eigenvalue weighted by atomic mass is 10.2. The largest absolute Gasteiger partial charge is 0.330 e. The Bertz CT molecular complexity index is 243. The second-order valence-electron chi connectivity index (χ2n) is 6.40. The van der Waals surface area contributed by atoms with Gasteiger partial charge in [-0.1, -0.05) is 6.42 Å². The molecule has 25 heavy (non-hydrogen) atoms. The lowest BCUT2D eigenvalue weighted by molar-refractivity contribution is 0.204. The first-order valence-corrected chi connectivity index (χ1v) is 9.94. The molecule has 0 radical (unpaired) electrons. The van der Waals surface area contributed by atoms with Crippen LogP contribution in [0.5, 0.6) is 0 Å². The number of nitrogens with one attached hydrogen (secondary N) is 2. The summed E-state index contributed by atoms with van der Waals surface area (Å²) in [6.45, 7) is 12.8. The Morgan fingerprint density at radius 1 is 0.440 bits per heavy atom. The lowest BCUT2D eigenvalue weighted by Gasteiger charge is -2.28. The molecule has 152 valence electrons. The van der Waals surface area contributed by atoms with Gasteiger partial charge in [-0.3, -0.25) is 4.90 Å². The summed E-state index contributed by atoms with van der Waals surface area (Å²) >= 11 is 0. The van der Waals surface area contributed by atoms with Gasteiger partial charge in [-0.2, -0.15) is 0 Å². The molecule has 0 bridgehead atoms. The maximum Gasteiger partial charge on any atom is 0.0110 e. The Morgan fingerprint density at radius 3 is 1.48 bits per heavy atom. The highest BCUT2D eigenvalue weighted by Gasteiger charge is 2.09. The van der Waals surface area contributed by atoms with Gasteiger partial charge in [-0.05, 0) is 25.9 Å². The molecule has 0 atom stereocenters. The molecule has 8 heteroatoms. The first-order valence-electron chi connectivity index (χ1n) is 9.94. The van der Waals surface area contributed by atoms with Crippen molar-refractivity contribution in [2.45, 2.75) is 19.3 Å². The van der Waals surface area contributed by atoms with Crippen molar-refractivity contribution in [2.75, 3.05) is 91.6 Å². The maximum absolute atomic E-state index is 5.76. The van der Waals surface area contributed by atoms with E-state index in [4.69, 9.17) is 22.9 Å². The molecule has 0 aromatic heterocycles. The number of rotatable bonds is 20. The van der Waals surface area contributed by atoms with Crippen LogP contribution in [0, 0.1) is 0 Å². The van der Waals surface area contributed by atoms with E-state index in [0.717, 1.165) is 78.4 Å². The van der Waals surface area contributed by atoms with Gasteiger partial charge >= 0.3 is 0 Å². The summed E-state index contributed by atoms with van der Waals surface area (Å²) in [4.78, 5) is 4.97. The van der Waals surface area contributed by atoms with Crippen LogP contribution in [0.25, 0.3) is 0 Å². The van der Waals surface area contributed by atoms with Crippen LogP contribution < -0.4 is 33.6 Å². The summed E-state index contributed by atoms with van der Waals surface area (Å²) in [5.74, 6) is 0. The summed E-state index contributed by atoms with van der Waals surface area (Å²) in [7, 11) is 0. The first-order chi connectivity index (χ1) is 12.3. The van der Waals surface area contributed by atoms with Crippen molar-refractivity contribution < 1.29 is 0 Å². The Kier molecular flexibility index (Phi) is 19.7. The third-order valence-corrected chi connectivity index (χ3v) is 4.21. The second-order valence-corrected chi connectivity index (χ2v) is 6.40.